The molecule has 1 unspecified atom stereocenters. The predicted octanol–water partition coefficient (Wildman–Crippen LogP) is -0.286. The fraction of sp³-hybridized carbons (Fsp3) is 0.600. The van der Waals surface area contributed by atoms with Gasteiger partial charge < -0.3 is 22.1 Å². The van der Waals surface area contributed by atoms with Crippen LogP contribution in [0.4, 0.5) is 0 Å². The van der Waals surface area contributed by atoms with Gasteiger partial charge in [0.25, 0.3) is 5.56 Å². The van der Waals surface area contributed by atoms with E-state index in [2.05, 4.69) is 17.2 Å². The van der Waals surface area contributed by atoms with Gasteiger partial charge in [-0.3, -0.25) is 14.3 Å². The molecule has 8 nitrogen and oxygen atoms in total. The smallest absolute Gasteiger partial charge is 0.372 e. The quantitative estimate of drug-likeness (QED) is 0.579. The van der Waals surface area contributed by atoms with E-state index in [1.54, 1.807) is 6.92 Å². The van der Waals surface area contributed by atoms with Gasteiger partial charge in [-0.15, -0.1) is 0 Å². The summed E-state index contributed by atoms with van der Waals surface area (Å²) in [5, 5.41) is 9.20. The largest absolute Gasteiger partial charge is 0.408 e. The number of ether oxygens (including phenoxy) is 1. The van der Waals surface area contributed by atoms with Crippen molar-refractivity contribution in [3.05, 3.63) is 32.6 Å². The van der Waals surface area contributed by atoms with Gasteiger partial charge in [-0.1, -0.05) is 4.57 Å². The molecular formula is C10H13N2O6PS. The minimum Gasteiger partial charge on any atom is -0.408 e. The van der Waals surface area contributed by atoms with E-state index in [-0.39, 0.29) is 13.0 Å². The molecule has 1 aliphatic rings. The van der Waals surface area contributed by atoms with Crippen LogP contribution in [0.15, 0.2) is 15.8 Å². The highest BCUT2D eigenvalue weighted by Crippen LogP contribution is 2.35. The SMILES string of the molecule is Cc1cn([C@H]2C[C@H](O[P+](=O)[S-])[C@@H](CO)O2)c(=O)[nH]c1=O. The minimum atomic E-state index is -2.25. The summed E-state index contributed by atoms with van der Waals surface area (Å²) in [4.78, 5) is 25.2. The maximum atomic E-state index is 11.7. The predicted molar refractivity (Wildman–Crippen MR) is 71.5 cm³/mol. The van der Waals surface area contributed by atoms with E-state index in [9.17, 15) is 19.3 Å². The Morgan fingerprint density at radius 3 is 2.95 bits per heavy atom. The second kappa shape index (κ2) is 6.19. The van der Waals surface area contributed by atoms with Crippen LogP contribution in [0.5, 0.6) is 0 Å². The number of nitrogens with one attached hydrogen (secondary N) is 1. The fourth-order valence-corrected chi connectivity index (χ4v) is 2.83. The Morgan fingerprint density at radius 1 is 1.65 bits per heavy atom. The maximum absolute atomic E-state index is 11.7. The van der Waals surface area contributed by atoms with E-state index >= 15 is 0 Å². The molecule has 1 aromatic rings. The van der Waals surface area contributed by atoms with Gasteiger partial charge in [-0.05, 0) is 6.92 Å². The molecule has 1 fully saturated rings. The Hall–Kier alpha value is -0.990. The molecular weight excluding hydrogens is 307 g/mol. The van der Waals surface area contributed by atoms with Crippen LogP contribution in [-0.2, 0) is 26.1 Å². The van der Waals surface area contributed by atoms with Crippen LogP contribution in [0.25, 0.3) is 0 Å². The standard InChI is InChI=1S/C10H13N2O6PS/c1-5-3-12(10(15)11-9(5)14)8-2-6(18-19(16)20)7(4-13)17-8/h3,6-8,13H,2,4H2,1H3,(H,11,14,15)/t6-,7+,8+/m0/s1. The van der Waals surface area contributed by atoms with Crippen molar-refractivity contribution in [2.45, 2.75) is 31.8 Å². The molecule has 1 aromatic heterocycles. The monoisotopic (exact) mass is 320 g/mol. The Bertz CT molecular complexity index is 629. The van der Waals surface area contributed by atoms with Crippen LogP contribution in [0.2, 0.25) is 0 Å². The Kier molecular flexibility index (Phi) is 4.77. The highest BCUT2D eigenvalue weighted by atomic mass is 32.7. The molecule has 2 rings (SSSR count). The molecule has 10 heteroatoms. The molecule has 0 spiro atoms. The topological polar surface area (TPSA) is 111 Å². The molecule has 1 aliphatic heterocycles. The van der Waals surface area contributed by atoms with E-state index in [4.69, 9.17) is 9.26 Å². The van der Waals surface area contributed by atoms with Crippen molar-refractivity contribution in [2.24, 2.45) is 0 Å². The summed E-state index contributed by atoms with van der Waals surface area (Å²) in [6, 6.07) is 0. The van der Waals surface area contributed by atoms with E-state index in [0.29, 0.717) is 5.56 Å². The molecule has 4 atom stereocenters. The van der Waals surface area contributed by atoms with Crippen LogP contribution in [0, 0.1) is 6.92 Å². The zero-order valence-corrected chi connectivity index (χ0v) is 12.2. The van der Waals surface area contributed by atoms with Gasteiger partial charge in [0, 0.05) is 18.2 Å². The average molecular weight is 320 g/mol. The third-order valence-corrected chi connectivity index (χ3v) is 3.74. The van der Waals surface area contributed by atoms with Crippen LogP contribution < -0.4 is 11.2 Å². The highest BCUT2D eigenvalue weighted by molar-refractivity contribution is 8.25. The lowest BCUT2D eigenvalue weighted by molar-refractivity contribution is -0.0410. The van der Waals surface area contributed by atoms with E-state index in [1.165, 1.54) is 10.8 Å². The lowest BCUT2D eigenvalue weighted by atomic mass is 10.2. The van der Waals surface area contributed by atoms with Crippen molar-refractivity contribution in [1.29, 1.82) is 0 Å². The molecule has 110 valence electrons. The van der Waals surface area contributed by atoms with Gasteiger partial charge in [0.1, 0.15) is 18.4 Å². The van der Waals surface area contributed by atoms with Gasteiger partial charge in [-0.2, -0.15) is 4.52 Å². The Morgan fingerprint density at radius 2 is 2.35 bits per heavy atom. The van der Waals surface area contributed by atoms with Crippen molar-refractivity contribution in [1.82, 2.24) is 9.55 Å². The summed E-state index contributed by atoms with van der Waals surface area (Å²) >= 11 is 4.47. The van der Waals surface area contributed by atoms with E-state index in [0.717, 1.165) is 0 Å². The molecule has 2 heterocycles. The first-order valence-electron chi connectivity index (χ1n) is 5.82. The molecule has 0 saturated carbocycles. The summed E-state index contributed by atoms with van der Waals surface area (Å²) < 4.78 is 22.7. The first kappa shape index (κ1) is 15.4. The Balaban J connectivity index is 2.27. The molecule has 0 aromatic carbocycles. The highest BCUT2D eigenvalue weighted by Gasteiger charge is 2.40. The van der Waals surface area contributed by atoms with Gasteiger partial charge in [0.05, 0.1) is 6.61 Å². The zero-order valence-electron chi connectivity index (χ0n) is 10.5. The van der Waals surface area contributed by atoms with Crippen LogP contribution >= 0.6 is 7.23 Å². The van der Waals surface area contributed by atoms with Crippen molar-refractivity contribution < 1.29 is 18.9 Å². The second-order valence-corrected chi connectivity index (χ2v) is 5.95. The molecule has 0 bridgehead atoms. The normalized spacial score (nSPS) is 26.8. The number of hydrogen-bond donors (Lipinski definition) is 2. The number of H-pyrrole nitrogens is 1. The number of aliphatic hydroxyl groups is 1. The van der Waals surface area contributed by atoms with Crippen LogP contribution in [0.1, 0.15) is 18.2 Å². The zero-order chi connectivity index (χ0) is 14.9. The summed E-state index contributed by atoms with van der Waals surface area (Å²) in [5.41, 5.74) is -0.734. The average Bonchev–Trinajstić information content (AvgIpc) is 2.75. The van der Waals surface area contributed by atoms with Crippen LogP contribution in [-0.4, -0.2) is 33.5 Å². The van der Waals surface area contributed by atoms with Gasteiger partial charge >= 0.3 is 12.9 Å². The summed E-state index contributed by atoms with van der Waals surface area (Å²) in [7, 11) is -2.25. The Labute approximate surface area is 119 Å². The molecule has 0 aliphatic carbocycles. The van der Waals surface area contributed by atoms with Crippen molar-refractivity contribution in [3.8, 4) is 0 Å². The van der Waals surface area contributed by atoms with Gasteiger partial charge in [0.15, 0.2) is 0 Å². The summed E-state index contributed by atoms with van der Waals surface area (Å²) in [5.74, 6) is 0. The number of hydrogen-bond acceptors (Lipinski definition) is 7. The number of nitrogens with zero attached hydrogens (tertiary/aromatic N) is 1. The number of aromatic amines is 1. The molecule has 0 amide bonds. The third-order valence-electron chi connectivity index (χ3n) is 3.04. The van der Waals surface area contributed by atoms with E-state index in [1.807, 2.05) is 0 Å². The minimum absolute atomic E-state index is 0.203. The number of aryl methyl sites for hydroxylation is 1. The van der Waals surface area contributed by atoms with Gasteiger partial charge in [0.2, 0.25) is 0 Å². The molecule has 2 N–H and O–H groups in total. The molecule has 1 saturated heterocycles. The number of rotatable bonds is 4. The van der Waals surface area contributed by atoms with E-state index < -0.39 is 36.9 Å². The summed E-state index contributed by atoms with van der Waals surface area (Å²) in [6.45, 7) is 1.21. The lowest BCUT2D eigenvalue weighted by Gasteiger charge is -2.14. The maximum Gasteiger partial charge on any atom is 0.372 e. The van der Waals surface area contributed by atoms with Gasteiger partial charge in [-0.25, -0.2) is 4.79 Å². The lowest BCUT2D eigenvalue weighted by Crippen LogP contribution is -2.33. The first-order chi connectivity index (χ1) is 9.42. The molecule has 0 radical (unpaired) electrons. The molecule has 20 heavy (non-hydrogen) atoms. The summed E-state index contributed by atoms with van der Waals surface area (Å²) in [6.07, 6.45) is -0.526. The number of aliphatic hydroxyl groups excluding tert-OH is 1. The van der Waals surface area contributed by atoms with Crippen molar-refractivity contribution in [2.75, 3.05) is 6.61 Å². The van der Waals surface area contributed by atoms with Crippen molar-refractivity contribution >= 4 is 19.5 Å². The number of aromatic nitrogens is 2. The van der Waals surface area contributed by atoms with Crippen molar-refractivity contribution in [3.63, 3.8) is 0 Å². The fourth-order valence-electron chi connectivity index (χ4n) is 2.06. The first-order valence-corrected chi connectivity index (χ1v) is 8.01. The van der Waals surface area contributed by atoms with Crippen LogP contribution in [0.3, 0.4) is 0 Å². The third kappa shape index (κ3) is 3.18. The second-order valence-electron chi connectivity index (χ2n) is 4.39.